The summed E-state index contributed by atoms with van der Waals surface area (Å²) >= 11 is 0. The maximum atomic E-state index is 13.6. The highest BCUT2D eigenvalue weighted by molar-refractivity contribution is 5.96. The summed E-state index contributed by atoms with van der Waals surface area (Å²) < 4.78 is 0. The summed E-state index contributed by atoms with van der Waals surface area (Å²) in [7, 11) is 0. The summed E-state index contributed by atoms with van der Waals surface area (Å²) in [4.78, 5) is 81.8. The number of nitrogens with one attached hydrogen (secondary N) is 7. The fourth-order valence-electron chi connectivity index (χ4n) is 4.17. The molecule has 0 unspecified atom stereocenters. The van der Waals surface area contributed by atoms with Crippen LogP contribution in [0, 0.1) is 5.41 Å². The highest BCUT2D eigenvalue weighted by Gasteiger charge is 2.31. The predicted octanol–water partition coefficient (Wildman–Crippen LogP) is -2.70. The first kappa shape index (κ1) is 36.7. The number of aliphatic carboxylic acids is 2. The number of aromatic nitrogens is 2. The highest BCUT2D eigenvalue weighted by Crippen LogP contribution is 2.08. The van der Waals surface area contributed by atoms with Crippen molar-refractivity contribution < 1.29 is 39.0 Å². The minimum atomic E-state index is -1.41. The molecule has 1 aromatic heterocycles. The number of aromatic amines is 1. The van der Waals surface area contributed by atoms with E-state index in [0.717, 1.165) is 0 Å². The van der Waals surface area contributed by atoms with Crippen LogP contribution in [0.25, 0.3) is 0 Å². The van der Waals surface area contributed by atoms with Crippen molar-refractivity contribution in [3.05, 3.63) is 54.1 Å². The van der Waals surface area contributed by atoms with Crippen LogP contribution in [0.5, 0.6) is 0 Å². The zero-order chi connectivity index (χ0) is 34.2. The Labute approximate surface area is 264 Å². The van der Waals surface area contributed by atoms with Gasteiger partial charge in [0.25, 0.3) is 0 Å². The molecule has 250 valence electrons. The van der Waals surface area contributed by atoms with E-state index in [1.165, 1.54) is 19.4 Å². The molecular formula is C28H40N10O8. The van der Waals surface area contributed by atoms with Crippen LogP contribution in [0.3, 0.4) is 0 Å². The first-order chi connectivity index (χ1) is 21.8. The van der Waals surface area contributed by atoms with Gasteiger partial charge in [-0.15, -0.1) is 0 Å². The quantitative estimate of drug-likeness (QED) is 0.0423. The third kappa shape index (κ3) is 13.0. The molecule has 0 radical (unpaired) electrons. The smallest absolute Gasteiger partial charge is 0.326 e. The van der Waals surface area contributed by atoms with Gasteiger partial charge < -0.3 is 53.2 Å². The summed E-state index contributed by atoms with van der Waals surface area (Å²) in [6, 6.07) is 2.14. The van der Waals surface area contributed by atoms with Gasteiger partial charge in [-0.3, -0.25) is 29.4 Å². The fourth-order valence-corrected chi connectivity index (χ4v) is 4.17. The van der Waals surface area contributed by atoms with Crippen molar-refractivity contribution in [1.29, 1.82) is 5.41 Å². The van der Waals surface area contributed by atoms with E-state index in [1.54, 1.807) is 30.3 Å². The number of carboxylic acids is 2. The van der Waals surface area contributed by atoms with Crippen LogP contribution in [0.1, 0.15) is 37.4 Å². The van der Waals surface area contributed by atoms with E-state index in [9.17, 15) is 33.9 Å². The molecular weight excluding hydrogens is 604 g/mol. The van der Waals surface area contributed by atoms with Gasteiger partial charge >= 0.3 is 11.9 Å². The lowest BCUT2D eigenvalue weighted by atomic mass is 10.0. The third-order valence-electron chi connectivity index (χ3n) is 6.60. The maximum Gasteiger partial charge on any atom is 0.326 e. The minimum Gasteiger partial charge on any atom is -0.481 e. The van der Waals surface area contributed by atoms with Crippen molar-refractivity contribution in [2.75, 3.05) is 6.54 Å². The minimum absolute atomic E-state index is 0.00489. The number of hydrogen-bond donors (Lipinski definition) is 11. The largest absolute Gasteiger partial charge is 0.481 e. The lowest BCUT2D eigenvalue weighted by Crippen LogP contribution is -2.59. The Hall–Kier alpha value is -5.52. The molecule has 2 aromatic rings. The summed E-state index contributed by atoms with van der Waals surface area (Å²) in [5.74, 6) is -6.17. The van der Waals surface area contributed by atoms with Crippen molar-refractivity contribution in [1.82, 2.24) is 36.6 Å². The summed E-state index contributed by atoms with van der Waals surface area (Å²) in [6.45, 7) is 1.52. The van der Waals surface area contributed by atoms with Crippen LogP contribution >= 0.6 is 0 Å². The number of carbonyl (C=O) groups is 6. The van der Waals surface area contributed by atoms with Crippen LogP contribution in [-0.4, -0.2) is 98.5 Å². The number of H-pyrrole nitrogens is 1. The van der Waals surface area contributed by atoms with Gasteiger partial charge in [0.2, 0.25) is 23.6 Å². The normalized spacial score (nSPS) is 14.0. The molecule has 0 aliphatic carbocycles. The first-order valence-electron chi connectivity index (χ1n) is 14.3. The monoisotopic (exact) mass is 644 g/mol. The number of nitrogens with zero attached hydrogens (tertiary/aromatic N) is 1. The van der Waals surface area contributed by atoms with Crippen molar-refractivity contribution >= 4 is 41.5 Å². The summed E-state index contributed by atoms with van der Waals surface area (Å²) in [5, 5.41) is 38.2. The molecule has 0 aliphatic rings. The molecule has 18 nitrogen and oxygen atoms in total. The lowest BCUT2D eigenvalue weighted by Gasteiger charge is -2.25. The number of hydrogen-bond acceptors (Lipinski definition) is 9. The van der Waals surface area contributed by atoms with Crippen molar-refractivity contribution in [2.24, 2.45) is 11.5 Å². The number of rotatable bonds is 19. The maximum absolute atomic E-state index is 13.6. The van der Waals surface area contributed by atoms with E-state index in [0.29, 0.717) is 11.3 Å². The van der Waals surface area contributed by atoms with Gasteiger partial charge in [-0.2, -0.15) is 0 Å². The molecule has 1 heterocycles. The fraction of sp³-hybridized carbons (Fsp3) is 0.429. The molecule has 46 heavy (non-hydrogen) atoms. The molecule has 5 atom stereocenters. The molecule has 13 N–H and O–H groups in total. The van der Waals surface area contributed by atoms with Crippen LogP contribution < -0.4 is 38.1 Å². The number of guanidine groups is 1. The van der Waals surface area contributed by atoms with Gasteiger partial charge in [0, 0.05) is 25.6 Å². The molecule has 0 fully saturated rings. The van der Waals surface area contributed by atoms with Gasteiger partial charge in [0.05, 0.1) is 24.5 Å². The van der Waals surface area contributed by atoms with Crippen LogP contribution in [-0.2, 0) is 41.6 Å². The topological polar surface area (TPSA) is 308 Å². The first-order valence-corrected chi connectivity index (χ1v) is 14.3. The van der Waals surface area contributed by atoms with Crippen molar-refractivity contribution in [3.8, 4) is 0 Å². The van der Waals surface area contributed by atoms with Crippen LogP contribution in [0.4, 0.5) is 0 Å². The van der Waals surface area contributed by atoms with Gasteiger partial charge in [0.1, 0.15) is 24.2 Å². The Kier molecular flexibility index (Phi) is 14.6. The SMILES string of the molecule is C[C@@H](NC(=O)[C@@H](N)CC(=O)O)C(=O)N[C@@H](Cc1c[nH]cn1)C(=O)N[C@H](Cc1ccccc1)C(=O)N[C@@H](CCCNC(=N)N)C(=O)O. The van der Waals surface area contributed by atoms with E-state index in [-0.39, 0.29) is 38.2 Å². The second kappa shape index (κ2) is 18.3. The lowest BCUT2D eigenvalue weighted by molar-refractivity contribution is -0.142. The molecule has 0 aliphatic heterocycles. The molecule has 0 saturated heterocycles. The Bertz CT molecular complexity index is 1360. The number of benzene rings is 1. The van der Waals surface area contributed by atoms with Gasteiger partial charge in [-0.1, -0.05) is 30.3 Å². The molecule has 18 heteroatoms. The van der Waals surface area contributed by atoms with Crippen LogP contribution in [0.15, 0.2) is 42.9 Å². The second-order valence-electron chi connectivity index (χ2n) is 10.4. The zero-order valence-electron chi connectivity index (χ0n) is 25.1. The number of imidazole rings is 1. The number of amides is 4. The predicted molar refractivity (Wildman–Crippen MR) is 163 cm³/mol. The molecule has 0 bridgehead atoms. The number of carbonyl (C=O) groups excluding carboxylic acids is 4. The summed E-state index contributed by atoms with van der Waals surface area (Å²) in [5.41, 5.74) is 11.8. The number of nitrogens with two attached hydrogens (primary N) is 2. The molecule has 0 saturated carbocycles. The highest BCUT2D eigenvalue weighted by atomic mass is 16.4. The van der Waals surface area contributed by atoms with Crippen molar-refractivity contribution in [2.45, 2.75) is 69.2 Å². The Morgan fingerprint density at radius 1 is 0.891 bits per heavy atom. The van der Waals surface area contributed by atoms with Gasteiger partial charge in [0.15, 0.2) is 5.96 Å². The third-order valence-corrected chi connectivity index (χ3v) is 6.60. The van der Waals surface area contributed by atoms with E-state index in [4.69, 9.17) is 22.0 Å². The standard InChI is InChI=1S/C28H40N10O8/c1-15(35-24(42)18(29)12-22(39)40)23(41)37-21(11-17-13-32-14-34-17)26(44)38-20(10-16-6-3-2-4-7-16)25(43)36-19(27(45)46)8-5-9-33-28(30)31/h2-4,6-7,13-15,18-21H,5,8-12,29H2,1H3,(H,32,34)(H,35,42)(H,36,43)(H,37,41)(H,38,44)(H,39,40)(H,45,46)(H4,30,31,33)/t15-,18+,19+,20-,21+/m1/s1. The molecule has 4 amide bonds. The Balaban J connectivity index is 2.23. The van der Waals surface area contributed by atoms with Crippen molar-refractivity contribution in [3.63, 3.8) is 0 Å². The molecule has 1 aromatic carbocycles. The molecule has 0 spiro atoms. The number of carboxylic acid groups (broad SMARTS) is 2. The second-order valence-corrected chi connectivity index (χ2v) is 10.4. The van der Waals surface area contributed by atoms with E-state index in [1.807, 2.05) is 0 Å². The Morgan fingerprint density at radius 2 is 1.50 bits per heavy atom. The molecule has 2 rings (SSSR count). The van der Waals surface area contributed by atoms with E-state index in [2.05, 4.69) is 36.6 Å². The summed E-state index contributed by atoms with van der Waals surface area (Å²) in [6.07, 6.45) is 2.32. The van der Waals surface area contributed by atoms with Gasteiger partial charge in [-0.25, -0.2) is 9.78 Å². The van der Waals surface area contributed by atoms with E-state index < -0.39 is 72.2 Å². The van der Waals surface area contributed by atoms with E-state index >= 15 is 0 Å². The Morgan fingerprint density at radius 3 is 2.07 bits per heavy atom. The average Bonchev–Trinajstić information content (AvgIpc) is 3.50. The average molecular weight is 645 g/mol. The zero-order valence-corrected chi connectivity index (χ0v) is 25.1. The van der Waals surface area contributed by atoms with Crippen LogP contribution in [0.2, 0.25) is 0 Å². The van der Waals surface area contributed by atoms with Gasteiger partial charge in [-0.05, 0) is 25.3 Å².